The number of carbonyl (C=O) groups is 2. The molecule has 2 rings (SSSR count). The summed E-state index contributed by atoms with van der Waals surface area (Å²) in [5, 5.41) is 9.05. The van der Waals surface area contributed by atoms with Gasteiger partial charge in [-0.15, -0.1) is 0 Å². The maximum atomic E-state index is 12.2. The molecule has 0 bridgehead atoms. The maximum Gasteiger partial charge on any atom is 0.326 e. The average Bonchev–Trinajstić information content (AvgIpc) is 2.87. The number of benzene rings is 1. The fraction of sp³-hybridized carbons (Fsp3) is 0.385. The number of hydrogen-bond acceptors (Lipinski definition) is 3. The van der Waals surface area contributed by atoms with E-state index in [-0.39, 0.29) is 5.91 Å². The molecule has 0 radical (unpaired) electrons. The van der Waals surface area contributed by atoms with E-state index in [0.717, 1.165) is 12.0 Å². The third-order valence-electron chi connectivity index (χ3n) is 3.24. The Kier molecular flexibility index (Phi) is 3.62. The second-order valence-corrected chi connectivity index (χ2v) is 4.40. The van der Waals surface area contributed by atoms with Gasteiger partial charge < -0.3 is 15.7 Å². The maximum absolute atomic E-state index is 12.2. The zero-order valence-corrected chi connectivity index (χ0v) is 10.0. The second kappa shape index (κ2) is 5.18. The van der Waals surface area contributed by atoms with Gasteiger partial charge in [0.15, 0.2) is 0 Å². The van der Waals surface area contributed by atoms with Crippen LogP contribution >= 0.6 is 0 Å². The lowest BCUT2D eigenvalue weighted by molar-refractivity contribution is -0.141. The predicted octanol–water partition coefficient (Wildman–Crippen LogP) is 0.834. The molecule has 1 heterocycles. The van der Waals surface area contributed by atoms with Crippen molar-refractivity contribution in [1.82, 2.24) is 4.90 Å². The van der Waals surface area contributed by atoms with Crippen molar-refractivity contribution in [3.8, 4) is 0 Å². The fourth-order valence-corrected chi connectivity index (χ4v) is 2.22. The van der Waals surface area contributed by atoms with Gasteiger partial charge in [0.05, 0.1) is 0 Å². The number of hydrogen-bond donors (Lipinski definition) is 2. The van der Waals surface area contributed by atoms with Gasteiger partial charge >= 0.3 is 5.97 Å². The zero-order valence-electron chi connectivity index (χ0n) is 10.0. The van der Waals surface area contributed by atoms with E-state index in [4.69, 9.17) is 10.8 Å². The number of amides is 1. The van der Waals surface area contributed by atoms with Gasteiger partial charge in [-0.1, -0.05) is 12.1 Å². The molecule has 1 atom stereocenters. The Morgan fingerprint density at radius 1 is 1.33 bits per heavy atom. The summed E-state index contributed by atoms with van der Waals surface area (Å²) < 4.78 is 0. The van der Waals surface area contributed by atoms with Crippen molar-refractivity contribution in [1.29, 1.82) is 0 Å². The molecule has 1 amide bonds. The van der Waals surface area contributed by atoms with Gasteiger partial charge in [-0.2, -0.15) is 0 Å². The minimum absolute atomic E-state index is 0.219. The molecular weight excluding hydrogens is 232 g/mol. The van der Waals surface area contributed by atoms with E-state index in [1.807, 2.05) is 0 Å². The highest BCUT2D eigenvalue weighted by Crippen LogP contribution is 2.20. The smallest absolute Gasteiger partial charge is 0.326 e. The van der Waals surface area contributed by atoms with E-state index in [2.05, 4.69) is 0 Å². The summed E-state index contributed by atoms with van der Waals surface area (Å²) in [4.78, 5) is 24.7. The summed E-state index contributed by atoms with van der Waals surface area (Å²) in [6, 6.07) is 6.29. The quantitative estimate of drug-likeness (QED) is 0.830. The molecule has 1 aliphatic rings. The molecule has 1 aliphatic heterocycles. The summed E-state index contributed by atoms with van der Waals surface area (Å²) in [5.74, 6) is -1.15. The zero-order chi connectivity index (χ0) is 13.1. The summed E-state index contributed by atoms with van der Waals surface area (Å²) in [6.45, 7) is 0.935. The van der Waals surface area contributed by atoms with Crippen molar-refractivity contribution in [3.63, 3.8) is 0 Å². The minimum atomic E-state index is -0.931. The van der Waals surface area contributed by atoms with Gasteiger partial charge in [-0.05, 0) is 30.5 Å². The Morgan fingerprint density at radius 2 is 2.00 bits per heavy atom. The van der Waals surface area contributed by atoms with Crippen molar-refractivity contribution in [3.05, 3.63) is 35.4 Å². The SMILES string of the molecule is NCc1ccc(C(=O)N2CCCC2C(=O)O)cc1. The number of nitrogens with two attached hydrogens (primary N) is 1. The predicted molar refractivity (Wildman–Crippen MR) is 66.0 cm³/mol. The number of carboxylic acids is 1. The third-order valence-corrected chi connectivity index (χ3v) is 3.24. The van der Waals surface area contributed by atoms with E-state index < -0.39 is 12.0 Å². The van der Waals surface area contributed by atoms with Crippen molar-refractivity contribution in [2.24, 2.45) is 5.73 Å². The van der Waals surface area contributed by atoms with Gasteiger partial charge in [0.25, 0.3) is 5.91 Å². The lowest BCUT2D eigenvalue weighted by Crippen LogP contribution is -2.40. The van der Waals surface area contributed by atoms with Crippen LogP contribution in [0.15, 0.2) is 24.3 Å². The fourth-order valence-electron chi connectivity index (χ4n) is 2.22. The molecule has 0 aliphatic carbocycles. The van der Waals surface area contributed by atoms with Gasteiger partial charge in [-0.3, -0.25) is 4.79 Å². The Labute approximate surface area is 105 Å². The van der Waals surface area contributed by atoms with Gasteiger partial charge in [0.2, 0.25) is 0 Å². The summed E-state index contributed by atoms with van der Waals surface area (Å²) in [6.07, 6.45) is 1.27. The molecule has 1 aromatic carbocycles. The summed E-state index contributed by atoms with van der Waals surface area (Å²) in [5.41, 5.74) is 6.95. The van der Waals surface area contributed by atoms with Crippen molar-refractivity contribution < 1.29 is 14.7 Å². The van der Waals surface area contributed by atoms with Crippen LogP contribution in [-0.4, -0.2) is 34.5 Å². The first kappa shape index (κ1) is 12.6. The molecule has 5 nitrogen and oxygen atoms in total. The monoisotopic (exact) mass is 248 g/mol. The molecule has 1 unspecified atom stereocenters. The van der Waals surface area contributed by atoms with E-state index >= 15 is 0 Å². The highest BCUT2D eigenvalue weighted by molar-refractivity contribution is 5.97. The normalized spacial score (nSPS) is 18.9. The molecule has 3 N–H and O–H groups in total. The number of carbonyl (C=O) groups excluding carboxylic acids is 1. The lowest BCUT2D eigenvalue weighted by Gasteiger charge is -2.21. The van der Waals surface area contributed by atoms with Crippen LogP contribution in [0.2, 0.25) is 0 Å². The molecule has 0 aromatic heterocycles. The highest BCUT2D eigenvalue weighted by Gasteiger charge is 2.34. The topological polar surface area (TPSA) is 83.6 Å². The van der Waals surface area contributed by atoms with E-state index in [0.29, 0.717) is 25.1 Å². The van der Waals surface area contributed by atoms with E-state index in [1.165, 1.54) is 4.90 Å². The molecular formula is C13H16N2O3. The standard InChI is InChI=1S/C13H16N2O3/c14-8-9-3-5-10(6-4-9)12(16)15-7-1-2-11(15)13(17)18/h3-6,11H,1-2,7-8,14H2,(H,17,18). The first-order chi connectivity index (χ1) is 8.63. The lowest BCUT2D eigenvalue weighted by atomic mass is 10.1. The number of nitrogens with zero attached hydrogens (tertiary/aromatic N) is 1. The largest absolute Gasteiger partial charge is 0.480 e. The molecule has 5 heteroatoms. The average molecular weight is 248 g/mol. The van der Waals surface area contributed by atoms with Crippen LogP contribution in [0.4, 0.5) is 0 Å². The summed E-state index contributed by atoms with van der Waals surface area (Å²) >= 11 is 0. The van der Waals surface area contributed by atoms with Crippen LogP contribution in [0, 0.1) is 0 Å². The van der Waals surface area contributed by atoms with Gasteiger partial charge in [0.1, 0.15) is 6.04 Å². The first-order valence-electron chi connectivity index (χ1n) is 5.96. The van der Waals surface area contributed by atoms with Crippen LogP contribution in [0.3, 0.4) is 0 Å². The summed E-state index contributed by atoms with van der Waals surface area (Å²) in [7, 11) is 0. The first-order valence-corrected chi connectivity index (χ1v) is 5.96. The van der Waals surface area contributed by atoms with Gasteiger partial charge in [0, 0.05) is 18.7 Å². The third kappa shape index (κ3) is 2.36. The van der Waals surface area contributed by atoms with Crippen molar-refractivity contribution in [2.75, 3.05) is 6.54 Å². The van der Waals surface area contributed by atoms with Crippen LogP contribution in [0.1, 0.15) is 28.8 Å². The van der Waals surface area contributed by atoms with Crippen LogP contribution < -0.4 is 5.73 Å². The molecule has 96 valence electrons. The van der Waals surface area contributed by atoms with E-state index in [9.17, 15) is 9.59 Å². The number of aliphatic carboxylic acids is 1. The second-order valence-electron chi connectivity index (χ2n) is 4.40. The Balaban J connectivity index is 2.17. The molecule has 1 fully saturated rings. The molecule has 18 heavy (non-hydrogen) atoms. The van der Waals surface area contributed by atoms with Gasteiger partial charge in [-0.25, -0.2) is 4.79 Å². The Morgan fingerprint density at radius 3 is 2.56 bits per heavy atom. The number of likely N-dealkylation sites (tertiary alicyclic amines) is 1. The van der Waals surface area contributed by atoms with Crippen LogP contribution in [0.5, 0.6) is 0 Å². The molecule has 1 aromatic rings. The van der Waals surface area contributed by atoms with Crippen LogP contribution in [0.25, 0.3) is 0 Å². The molecule has 0 spiro atoms. The molecule has 0 saturated carbocycles. The van der Waals surface area contributed by atoms with Crippen molar-refractivity contribution >= 4 is 11.9 Å². The van der Waals surface area contributed by atoms with Crippen molar-refractivity contribution in [2.45, 2.75) is 25.4 Å². The Hall–Kier alpha value is -1.88. The number of carboxylic acid groups (broad SMARTS) is 1. The molecule has 1 saturated heterocycles. The highest BCUT2D eigenvalue weighted by atomic mass is 16.4. The number of rotatable bonds is 3. The minimum Gasteiger partial charge on any atom is -0.480 e. The Bertz CT molecular complexity index is 456. The van der Waals surface area contributed by atoms with E-state index in [1.54, 1.807) is 24.3 Å². The van der Waals surface area contributed by atoms with Crippen LogP contribution in [-0.2, 0) is 11.3 Å².